The molecule has 1 aliphatic carbocycles. The quantitative estimate of drug-likeness (QED) is 0.706. The van der Waals surface area contributed by atoms with Crippen LogP contribution in [0, 0.1) is 17.8 Å². The predicted octanol–water partition coefficient (Wildman–Crippen LogP) is 2.94. The van der Waals surface area contributed by atoms with Crippen LogP contribution in [0.3, 0.4) is 0 Å². The van der Waals surface area contributed by atoms with Crippen LogP contribution in [-0.2, 0) is 21.0 Å². The highest BCUT2D eigenvalue weighted by Crippen LogP contribution is 2.42. The number of amides is 1. The monoisotopic (exact) mass is 461 g/mol. The zero-order valence-electron chi connectivity index (χ0n) is 18.0. The summed E-state index contributed by atoms with van der Waals surface area (Å²) < 4.78 is 66.4. The van der Waals surface area contributed by atoms with Gasteiger partial charge in [0.15, 0.2) is 0 Å². The lowest BCUT2D eigenvalue weighted by Crippen LogP contribution is -2.49. The van der Waals surface area contributed by atoms with Crippen molar-refractivity contribution in [3.05, 3.63) is 29.8 Å². The summed E-state index contributed by atoms with van der Waals surface area (Å²) in [5, 5.41) is 0. The summed E-state index contributed by atoms with van der Waals surface area (Å²) in [6, 6.07) is 3.11. The largest absolute Gasteiger partial charge is 0.416 e. The van der Waals surface area contributed by atoms with Gasteiger partial charge in [-0.1, -0.05) is 19.9 Å². The Morgan fingerprint density at radius 2 is 1.94 bits per heavy atom. The van der Waals surface area contributed by atoms with Gasteiger partial charge in [0.1, 0.15) is 0 Å². The summed E-state index contributed by atoms with van der Waals surface area (Å²) >= 11 is 0. The van der Waals surface area contributed by atoms with E-state index in [2.05, 4.69) is 0 Å². The van der Waals surface area contributed by atoms with Crippen molar-refractivity contribution in [2.45, 2.75) is 56.3 Å². The van der Waals surface area contributed by atoms with Gasteiger partial charge < -0.3 is 10.6 Å². The van der Waals surface area contributed by atoms with Crippen LogP contribution in [0.25, 0.3) is 0 Å². The molecule has 174 valence electrons. The molecule has 0 unspecified atom stereocenters. The van der Waals surface area contributed by atoms with Crippen LogP contribution in [0.15, 0.2) is 29.2 Å². The molecule has 2 fully saturated rings. The molecule has 6 nitrogen and oxygen atoms in total. The highest BCUT2D eigenvalue weighted by molar-refractivity contribution is 7.89. The lowest BCUT2D eigenvalue weighted by atomic mass is 9.96. The van der Waals surface area contributed by atoms with Gasteiger partial charge in [0.25, 0.3) is 0 Å². The first-order valence-corrected chi connectivity index (χ1v) is 12.0. The molecule has 2 aliphatic rings. The van der Waals surface area contributed by atoms with E-state index in [1.807, 2.05) is 13.8 Å². The molecule has 0 bridgehead atoms. The number of sulfonamides is 1. The Labute approximate surface area is 181 Å². The third-order valence-electron chi connectivity index (χ3n) is 6.47. The number of fused-ring (bicyclic) bond motifs is 1. The number of alkyl halides is 3. The molecule has 1 amide bonds. The number of likely N-dealkylation sites (N-methyl/N-ethyl adjacent to an activating group) is 1. The molecule has 0 radical (unpaired) electrons. The normalized spacial score (nSPS) is 25.6. The molecule has 10 heteroatoms. The number of carbonyl (C=O) groups is 1. The zero-order chi connectivity index (χ0) is 23.1. The first kappa shape index (κ1) is 24.0. The zero-order valence-corrected chi connectivity index (χ0v) is 18.8. The minimum Gasteiger partial charge on any atom is -0.341 e. The fourth-order valence-corrected chi connectivity index (χ4v) is 6.47. The smallest absolute Gasteiger partial charge is 0.341 e. The number of nitrogens with two attached hydrogens (primary N) is 1. The third kappa shape index (κ3) is 4.90. The van der Waals surface area contributed by atoms with Crippen molar-refractivity contribution in [1.29, 1.82) is 0 Å². The molecule has 0 aromatic heterocycles. The average molecular weight is 462 g/mol. The van der Waals surface area contributed by atoms with Crippen molar-refractivity contribution < 1.29 is 26.4 Å². The minimum absolute atomic E-state index is 0.0548. The van der Waals surface area contributed by atoms with E-state index in [0.717, 1.165) is 25.0 Å². The molecule has 1 saturated heterocycles. The highest BCUT2D eigenvalue weighted by Gasteiger charge is 2.48. The van der Waals surface area contributed by atoms with Gasteiger partial charge >= 0.3 is 6.18 Å². The van der Waals surface area contributed by atoms with Crippen molar-refractivity contribution >= 4 is 15.9 Å². The summed E-state index contributed by atoms with van der Waals surface area (Å²) in [6.07, 6.45) is -2.51. The van der Waals surface area contributed by atoms with Gasteiger partial charge in [0, 0.05) is 26.2 Å². The highest BCUT2D eigenvalue weighted by atomic mass is 32.2. The molecule has 31 heavy (non-hydrogen) atoms. The van der Waals surface area contributed by atoms with Crippen LogP contribution in [0.4, 0.5) is 13.2 Å². The SMILES string of the molecule is CC(C)C[C@H](N)C(=O)N(C)[C@H]1CC[C@@H]2CN(S(=O)(=O)c3cccc(C(F)(F)F)c3)C[C@@H]21. The maximum Gasteiger partial charge on any atom is 0.416 e. The van der Waals surface area contributed by atoms with E-state index in [0.29, 0.717) is 12.5 Å². The Balaban J connectivity index is 1.75. The van der Waals surface area contributed by atoms with E-state index in [9.17, 15) is 26.4 Å². The van der Waals surface area contributed by atoms with Gasteiger partial charge in [-0.2, -0.15) is 17.5 Å². The Morgan fingerprint density at radius 3 is 2.55 bits per heavy atom. The van der Waals surface area contributed by atoms with Crippen molar-refractivity contribution in [2.75, 3.05) is 20.1 Å². The van der Waals surface area contributed by atoms with Crippen LogP contribution in [-0.4, -0.2) is 55.8 Å². The molecule has 3 rings (SSSR count). The fraction of sp³-hybridized carbons (Fsp3) is 0.667. The number of hydrogen-bond donors (Lipinski definition) is 1. The number of nitrogens with zero attached hydrogens (tertiary/aromatic N) is 2. The third-order valence-corrected chi connectivity index (χ3v) is 8.30. The second-order valence-corrected chi connectivity index (χ2v) is 11.0. The van der Waals surface area contributed by atoms with Crippen molar-refractivity contribution in [3.8, 4) is 0 Å². The van der Waals surface area contributed by atoms with Crippen molar-refractivity contribution in [3.63, 3.8) is 0 Å². The Hall–Kier alpha value is -1.65. The average Bonchev–Trinajstić information content (AvgIpc) is 3.27. The molecule has 1 heterocycles. The molecule has 0 spiro atoms. The Morgan fingerprint density at radius 1 is 1.26 bits per heavy atom. The van der Waals surface area contributed by atoms with Gasteiger partial charge in [0.05, 0.1) is 16.5 Å². The van der Waals surface area contributed by atoms with Crippen LogP contribution in [0.1, 0.15) is 38.7 Å². The van der Waals surface area contributed by atoms with E-state index >= 15 is 0 Å². The topological polar surface area (TPSA) is 83.7 Å². The van der Waals surface area contributed by atoms with E-state index in [1.165, 1.54) is 10.4 Å². The first-order valence-electron chi connectivity index (χ1n) is 10.5. The van der Waals surface area contributed by atoms with Gasteiger partial charge in [-0.05, 0) is 55.2 Å². The van der Waals surface area contributed by atoms with Crippen LogP contribution < -0.4 is 5.73 Å². The molecule has 4 atom stereocenters. The number of halogens is 3. The van der Waals surface area contributed by atoms with Gasteiger partial charge in [-0.25, -0.2) is 8.42 Å². The Bertz CT molecular complexity index is 920. The fourth-order valence-electron chi connectivity index (χ4n) is 4.89. The summed E-state index contributed by atoms with van der Waals surface area (Å²) in [5.41, 5.74) is 5.07. The molecular formula is C21H30F3N3O3S. The van der Waals surface area contributed by atoms with E-state index in [-0.39, 0.29) is 47.7 Å². The first-order chi connectivity index (χ1) is 14.3. The number of rotatable bonds is 6. The number of carbonyl (C=O) groups excluding carboxylic acids is 1. The van der Waals surface area contributed by atoms with Crippen LogP contribution in [0.2, 0.25) is 0 Å². The minimum atomic E-state index is -4.62. The maximum atomic E-state index is 13.0. The van der Waals surface area contributed by atoms with Crippen LogP contribution in [0.5, 0.6) is 0 Å². The van der Waals surface area contributed by atoms with Crippen LogP contribution >= 0.6 is 0 Å². The summed E-state index contributed by atoms with van der Waals surface area (Å²) in [4.78, 5) is 14.0. The summed E-state index contributed by atoms with van der Waals surface area (Å²) in [6.45, 7) is 4.42. The van der Waals surface area contributed by atoms with Crippen molar-refractivity contribution in [1.82, 2.24) is 9.21 Å². The van der Waals surface area contributed by atoms with Gasteiger partial charge in [-0.3, -0.25) is 4.79 Å². The second-order valence-electron chi connectivity index (χ2n) is 9.10. The van der Waals surface area contributed by atoms with Gasteiger partial charge in [0.2, 0.25) is 15.9 Å². The number of hydrogen-bond acceptors (Lipinski definition) is 4. The lowest BCUT2D eigenvalue weighted by Gasteiger charge is -2.32. The molecule has 1 saturated carbocycles. The van der Waals surface area contributed by atoms with E-state index in [1.54, 1.807) is 11.9 Å². The summed E-state index contributed by atoms with van der Waals surface area (Å²) in [7, 11) is -2.35. The maximum absolute atomic E-state index is 13.0. The molecule has 1 aromatic rings. The molecule has 1 aliphatic heterocycles. The Kier molecular flexibility index (Phi) is 6.74. The molecule has 1 aromatic carbocycles. The van der Waals surface area contributed by atoms with Crippen molar-refractivity contribution in [2.24, 2.45) is 23.5 Å². The van der Waals surface area contributed by atoms with E-state index in [4.69, 9.17) is 5.73 Å². The van der Waals surface area contributed by atoms with Gasteiger partial charge in [-0.15, -0.1) is 0 Å². The lowest BCUT2D eigenvalue weighted by molar-refractivity contribution is -0.137. The number of benzene rings is 1. The predicted molar refractivity (Wildman–Crippen MR) is 110 cm³/mol. The molecule has 2 N–H and O–H groups in total. The van der Waals surface area contributed by atoms with E-state index < -0.39 is 27.8 Å². The summed E-state index contributed by atoms with van der Waals surface area (Å²) in [5.74, 6) is 0.143. The molecular weight excluding hydrogens is 431 g/mol. The second kappa shape index (κ2) is 8.71. The standard InChI is InChI=1S/C21H30F3N3O3S/c1-13(2)9-18(25)20(28)26(3)19-8-7-14-11-27(12-17(14)19)31(29,30)16-6-4-5-15(10-16)21(22,23)24/h4-6,10,13-14,17-19H,7-9,11-12,25H2,1-3H3/t14-,17+,18+,19+/m1/s1.